The van der Waals surface area contributed by atoms with Gasteiger partial charge >= 0.3 is 0 Å². The number of nitrogens with one attached hydrogen (secondary N) is 1. The Hall–Kier alpha value is -1.42. The molecule has 0 spiro atoms. The number of amides is 1. The minimum atomic E-state index is -0.290. The SMILES string of the molecule is CCNCC(=O)N1CCc2ccc(F)cc21. The molecule has 0 bridgehead atoms. The fraction of sp³-hybridized carbons (Fsp3) is 0.417. The first-order chi connectivity index (χ1) is 7.72. The molecule has 4 heteroatoms. The summed E-state index contributed by atoms with van der Waals surface area (Å²) in [7, 11) is 0. The Morgan fingerprint density at radius 1 is 1.56 bits per heavy atom. The molecule has 1 amide bonds. The van der Waals surface area contributed by atoms with E-state index in [4.69, 9.17) is 0 Å². The van der Waals surface area contributed by atoms with Crippen molar-refractivity contribution in [3.05, 3.63) is 29.6 Å². The third-order valence-electron chi connectivity index (χ3n) is 2.77. The molecule has 2 rings (SSSR count). The number of likely N-dealkylation sites (N-methyl/N-ethyl adjacent to an activating group) is 1. The highest BCUT2D eigenvalue weighted by atomic mass is 19.1. The van der Waals surface area contributed by atoms with Gasteiger partial charge in [-0.3, -0.25) is 4.79 Å². The van der Waals surface area contributed by atoms with E-state index in [-0.39, 0.29) is 11.7 Å². The van der Waals surface area contributed by atoms with E-state index in [0.29, 0.717) is 13.1 Å². The van der Waals surface area contributed by atoms with Crippen molar-refractivity contribution in [2.75, 3.05) is 24.5 Å². The zero-order valence-electron chi connectivity index (χ0n) is 9.29. The highest BCUT2D eigenvalue weighted by Crippen LogP contribution is 2.28. The normalized spacial score (nSPS) is 14.0. The van der Waals surface area contributed by atoms with Gasteiger partial charge < -0.3 is 10.2 Å². The summed E-state index contributed by atoms with van der Waals surface area (Å²) in [5.74, 6) is -0.284. The Balaban J connectivity index is 2.16. The topological polar surface area (TPSA) is 32.3 Å². The standard InChI is InChI=1S/C12H15FN2O/c1-2-14-8-12(16)15-6-5-9-3-4-10(13)7-11(9)15/h3-4,7,14H,2,5-6,8H2,1H3. The van der Waals surface area contributed by atoms with Crippen molar-refractivity contribution >= 4 is 11.6 Å². The summed E-state index contributed by atoms with van der Waals surface area (Å²) < 4.78 is 13.1. The highest BCUT2D eigenvalue weighted by molar-refractivity contribution is 5.96. The minimum absolute atomic E-state index is 0.00574. The van der Waals surface area contributed by atoms with Crippen molar-refractivity contribution in [1.82, 2.24) is 5.32 Å². The lowest BCUT2D eigenvalue weighted by atomic mass is 10.2. The maximum atomic E-state index is 13.1. The number of rotatable bonds is 3. The highest BCUT2D eigenvalue weighted by Gasteiger charge is 2.24. The van der Waals surface area contributed by atoms with Crippen molar-refractivity contribution in [3.8, 4) is 0 Å². The van der Waals surface area contributed by atoms with E-state index in [2.05, 4.69) is 5.32 Å². The van der Waals surface area contributed by atoms with Gasteiger partial charge in [0.2, 0.25) is 5.91 Å². The molecule has 1 N–H and O–H groups in total. The van der Waals surface area contributed by atoms with Gasteiger partial charge in [-0.1, -0.05) is 13.0 Å². The summed E-state index contributed by atoms with van der Waals surface area (Å²) in [6.45, 7) is 3.68. The van der Waals surface area contributed by atoms with Crippen LogP contribution in [0.15, 0.2) is 18.2 Å². The summed E-state index contributed by atoms with van der Waals surface area (Å²) in [5, 5.41) is 2.99. The van der Waals surface area contributed by atoms with E-state index in [1.807, 2.05) is 6.92 Å². The summed E-state index contributed by atoms with van der Waals surface area (Å²) in [6.07, 6.45) is 0.813. The molecule has 0 unspecified atom stereocenters. The Morgan fingerprint density at radius 3 is 3.12 bits per heavy atom. The Labute approximate surface area is 94.3 Å². The Bertz CT molecular complexity index is 406. The second-order valence-electron chi connectivity index (χ2n) is 3.85. The quantitative estimate of drug-likeness (QED) is 0.836. The molecule has 1 aromatic rings. The number of carbonyl (C=O) groups excluding carboxylic acids is 1. The van der Waals surface area contributed by atoms with Crippen LogP contribution in [0.1, 0.15) is 12.5 Å². The van der Waals surface area contributed by atoms with Crippen LogP contribution in [-0.2, 0) is 11.2 Å². The van der Waals surface area contributed by atoms with E-state index < -0.39 is 0 Å². The summed E-state index contributed by atoms with van der Waals surface area (Å²) in [4.78, 5) is 13.5. The van der Waals surface area contributed by atoms with Crippen molar-refractivity contribution in [1.29, 1.82) is 0 Å². The first kappa shape index (κ1) is 11.1. The van der Waals surface area contributed by atoms with Crippen LogP contribution >= 0.6 is 0 Å². The number of halogens is 1. The predicted molar refractivity (Wildman–Crippen MR) is 61.0 cm³/mol. The van der Waals surface area contributed by atoms with Crippen LogP contribution in [0.5, 0.6) is 0 Å². The molecule has 0 saturated heterocycles. The molecule has 1 aliphatic heterocycles. The summed E-state index contributed by atoms with van der Waals surface area (Å²) >= 11 is 0. The third kappa shape index (κ3) is 2.07. The van der Waals surface area contributed by atoms with Gasteiger partial charge in [-0.25, -0.2) is 4.39 Å². The second kappa shape index (κ2) is 4.61. The van der Waals surface area contributed by atoms with Crippen LogP contribution in [-0.4, -0.2) is 25.5 Å². The van der Waals surface area contributed by atoms with Gasteiger partial charge in [0.1, 0.15) is 5.82 Å². The number of benzene rings is 1. The number of anilines is 1. The molecule has 0 saturated carbocycles. The molecule has 1 aromatic carbocycles. The van der Waals surface area contributed by atoms with Gasteiger partial charge in [-0.2, -0.15) is 0 Å². The first-order valence-electron chi connectivity index (χ1n) is 5.52. The Morgan fingerprint density at radius 2 is 2.38 bits per heavy atom. The fourth-order valence-electron chi connectivity index (χ4n) is 1.94. The second-order valence-corrected chi connectivity index (χ2v) is 3.85. The number of nitrogens with zero attached hydrogens (tertiary/aromatic N) is 1. The molecular weight excluding hydrogens is 207 g/mol. The number of hydrogen-bond donors (Lipinski definition) is 1. The summed E-state index contributed by atoms with van der Waals surface area (Å²) in [5.41, 5.74) is 1.77. The molecule has 86 valence electrons. The van der Waals surface area contributed by atoms with E-state index in [0.717, 1.165) is 24.2 Å². The van der Waals surface area contributed by atoms with Crippen molar-refractivity contribution in [2.45, 2.75) is 13.3 Å². The van der Waals surface area contributed by atoms with Gasteiger partial charge in [-0.05, 0) is 30.7 Å². The monoisotopic (exact) mass is 222 g/mol. The lowest BCUT2D eigenvalue weighted by molar-refractivity contribution is -0.117. The van der Waals surface area contributed by atoms with Gasteiger partial charge in [0, 0.05) is 12.2 Å². The van der Waals surface area contributed by atoms with Gasteiger partial charge in [-0.15, -0.1) is 0 Å². The minimum Gasteiger partial charge on any atom is -0.311 e. The number of carbonyl (C=O) groups is 1. The van der Waals surface area contributed by atoms with E-state index in [1.54, 1.807) is 11.0 Å². The molecule has 16 heavy (non-hydrogen) atoms. The molecule has 0 aromatic heterocycles. The lowest BCUT2D eigenvalue weighted by Gasteiger charge is -2.17. The van der Waals surface area contributed by atoms with Crippen LogP contribution in [0.4, 0.5) is 10.1 Å². The molecule has 3 nitrogen and oxygen atoms in total. The third-order valence-corrected chi connectivity index (χ3v) is 2.77. The van der Waals surface area contributed by atoms with Crippen LogP contribution in [0.3, 0.4) is 0 Å². The van der Waals surface area contributed by atoms with Crippen LogP contribution in [0.25, 0.3) is 0 Å². The van der Waals surface area contributed by atoms with Gasteiger partial charge in [0.05, 0.1) is 6.54 Å². The van der Waals surface area contributed by atoms with E-state index in [1.165, 1.54) is 12.1 Å². The number of hydrogen-bond acceptors (Lipinski definition) is 2. The van der Waals surface area contributed by atoms with E-state index >= 15 is 0 Å². The average Bonchev–Trinajstić information content (AvgIpc) is 2.68. The molecule has 0 atom stereocenters. The van der Waals surface area contributed by atoms with Crippen molar-refractivity contribution < 1.29 is 9.18 Å². The summed E-state index contributed by atoms with van der Waals surface area (Å²) in [6, 6.07) is 4.63. The average molecular weight is 222 g/mol. The lowest BCUT2D eigenvalue weighted by Crippen LogP contribution is -2.37. The molecule has 0 radical (unpaired) electrons. The fourth-order valence-corrected chi connectivity index (χ4v) is 1.94. The van der Waals surface area contributed by atoms with Gasteiger partial charge in [0.25, 0.3) is 0 Å². The van der Waals surface area contributed by atoms with Gasteiger partial charge in [0.15, 0.2) is 0 Å². The molecule has 0 fully saturated rings. The Kier molecular flexibility index (Phi) is 3.19. The zero-order chi connectivity index (χ0) is 11.5. The smallest absolute Gasteiger partial charge is 0.240 e. The van der Waals surface area contributed by atoms with E-state index in [9.17, 15) is 9.18 Å². The zero-order valence-corrected chi connectivity index (χ0v) is 9.29. The first-order valence-corrected chi connectivity index (χ1v) is 5.52. The molecule has 0 aliphatic carbocycles. The van der Waals surface area contributed by atoms with Crippen LogP contribution < -0.4 is 10.2 Å². The largest absolute Gasteiger partial charge is 0.311 e. The van der Waals surface area contributed by atoms with Crippen LogP contribution in [0.2, 0.25) is 0 Å². The molecule has 1 aliphatic rings. The van der Waals surface area contributed by atoms with Crippen molar-refractivity contribution in [2.24, 2.45) is 0 Å². The molecular formula is C12H15FN2O. The van der Waals surface area contributed by atoms with Crippen LogP contribution in [0, 0.1) is 5.82 Å². The van der Waals surface area contributed by atoms with Crippen molar-refractivity contribution in [3.63, 3.8) is 0 Å². The maximum absolute atomic E-state index is 13.1. The number of fused-ring (bicyclic) bond motifs is 1. The molecule has 1 heterocycles. The maximum Gasteiger partial charge on any atom is 0.240 e. The predicted octanol–water partition coefficient (Wildman–Crippen LogP) is 1.32.